The van der Waals surface area contributed by atoms with Gasteiger partial charge in [-0.05, 0) is 68.7 Å². The van der Waals surface area contributed by atoms with Crippen molar-refractivity contribution in [2.45, 2.75) is 41.2 Å². The number of furan rings is 1. The molecule has 1 amide bonds. The van der Waals surface area contributed by atoms with Gasteiger partial charge < -0.3 is 14.5 Å². The summed E-state index contributed by atoms with van der Waals surface area (Å²) in [6.45, 7) is 4.57. The second-order valence-corrected chi connectivity index (χ2v) is 9.00. The van der Waals surface area contributed by atoms with E-state index in [-0.39, 0.29) is 11.9 Å². The number of carbonyl (C=O) groups is 1. The summed E-state index contributed by atoms with van der Waals surface area (Å²) in [6, 6.07) is 8.23. The van der Waals surface area contributed by atoms with Gasteiger partial charge in [0.25, 0.3) is 11.9 Å². The van der Waals surface area contributed by atoms with Gasteiger partial charge in [-0.1, -0.05) is 0 Å². The van der Waals surface area contributed by atoms with E-state index < -0.39 is 0 Å². The Morgan fingerprint density at radius 2 is 2.12 bits per heavy atom. The van der Waals surface area contributed by atoms with Gasteiger partial charge in [0.1, 0.15) is 0 Å². The molecule has 2 atom stereocenters. The number of piperidine rings is 3. The Morgan fingerprint density at radius 3 is 2.80 bits per heavy atom. The van der Waals surface area contributed by atoms with Gasteiger partial charge >= 0.3 is 0 Å². The molecule has 5 heterocycles. The maximum absolute atomic E-state index is 12.7. The number of amides is 1. The fourth-order valence-corrected chi connectivity index (χ4v) is 5.75. The second kappa shape index (κ2) is 7.05. The number of nitrogens with zero attached hydrogens (tertiary/aromatic N) is 1. The van der Waals surface area contributed by atoms with Crippen LogP contribution in [0.5, 0.6) is 5.95 Å². The number of hydrogen-bond donors (Lipinski definition) is 1. The Kier molecular flexibility index (Phi) is 4.80. The average molecular weight is 379 g/mol. The number of thiophene rings is 1. The third-order valence-corrected chi connectivity index (χ3v) is 7.38. The zero-order valence-corrected chi connectivity index (χ0v) is 16.0. The molecule has 2 unspecified atom stereocenters. The molecule has 3 saturated heterocycles. The zero-order valence-electron chi connectivity index (χ0n) is 14.4. The third kappa shape index (κ3) is 3.45. The molecule has 2 aromatic heterocycles. The molecule has 0 aromatic carbocycles. The minimum absolute atomic E-state index is 0.0412. The molecular weight excluding hydrogens is 356 g/mol. The van der Waals surface area contributed by atoms with Crippen LogP contribution in [0.25, 0.3) is 0 Å². The summed E-state index contributed by atoms with van der Waals surface area (Å²) in [5.41, 5.74) is 0. The normalized spacial score (nSPS) is 28.1. The number of rotatable bonds is 5. The molecule has 0 aliphatic carbocycles. The van der Waals surface area contributed by atoms with Gasteiger partial charge in [0.2, 0.25) is 0 Å². The summed E-state index contributed by atoms with van der Waals surface area (Å²) < 4.78 is 11.6. The van der Waals surface area contributed by atoms with Gasteiger partial charge in [0, 0.05) is 18.2 Å². The van der Waals surface area contributed by atoms with E-state index in [2.05, 4.69) is 17.1 Å². The Balaban J connectivity index is 1.40. The van der Waals surface area contributed by atoms with Gasteiger partial charge in [-0.25, -0.2) is 0 Å². The lowest BCUT2D eigenvalue weighted by atomic mass is 9.79. The number of carbonyl (C=O) groups excluding carboxylic acids is 1. The maximum Gasteiger partial charge on any atom is 0.285 e. The largest absolute Gasteiger partial charge is 0.468 e. The van der Waals surface area contributed by atoms with Crippen LogP contribution in [0.4, 0.5) is 0 Å². The van der Waals surface area contributed by atoms with Gasteiger partial charge in [-0.3, -0.25) is 9.69 Å². The number of methoxy groups -OCH3 is 1. The first-order valence-corrected chi connectivity index (χ1v) is 10.2. The molecular formula is C18H22N2O3S2. The van der Waals surface area contributed by atoms with Crippen molar-refractivity contribution in [3.05, 3.63) is 29.1 Å². The van der Waals surface area contributed by atoms with Gasteiger partial charge in [-0.2, -0.15) is 0 Å². The molecule has 5 nitrogen and oxygen atoms in total. The van der Waals surface area contributed by atoms with Crippen LogP contribution in [-0.4, -0.2) is 43.1 Å². The Hall–Kier alpha value is -1.44. The summed E-state index contributed by atoms with van der Waals surface area (Å²) in [7, 11) is 1.58. The van der Waals surface area contributed by atoms with E-state index in [0.717, 1.165) is 14.2 Å². The minimum Gasteiger partial charge on any atom is -0.468 e. The van der Waals surface area contributed by atoms with E-state index in [4.69, 9.17) is 9.15 Å². The highest BCUT2D eigenvalue weighted by molar-refractivity contribution is 8.01. The van der Waals surface area contributed by atoms with E-state index in [1.807, 2.05) is 18.2 Å². The highest BCUT2D eigenvalue weighted by Gasteiger charge is 2.40. The van der Waals surface area contributed by atoms with Crippen molar-refractivity contribution in [3.63, 3.8) is 0 Å². The van der Waals surface area contributed by atoms with Crippen molar-refractivity contribution in [3.8, 4) is 5.95 Å². The van der Waals surface area contributed by atoms with Crippen LogP contribution in [-0.2, 0) is 0 Å². The van der Waals surface area contributed by atoms with Crippen molar-refractivity contribution in [2.75, 3.05) is 20.2 Å². The highest BCUT2D eigenvalue weighted by Crippen LogP contribution is 2.36. The van der Waals surface area contributed by atoms with Gasteiger partial charge in [-0.15, -0.1) is 11.3 Å². The molecule has 3 aliphatic heterocycles. The minimum atomic E-state index is 0.0412. The van der Waals surface area contributed by atoms with Crippen LogP contribution in [0.1, 0.15) is 29.4 Å². The standard InChI is InChI=1S/C18H22N2O3S2/c1-11-17(12-7-9-20(11)10-8-12)19-18(21)13-3-6-16(24-13)25-15-5-4-14(22-2)23-15/h3-6,11-12,17H,7-10H2,1-2H3,(H,19,21). The van der Waals surface area contributed by atoms with Crippen LogP contribution in [0.15, 0.2) is 38.0 Å². The lowest BCUT2D eigenvalue weighted by Crippen LogP contribution is -2.62. The Bertz CT molecular complexity index is 747. The van der Waals surface area contributed by atoms with E-state index in [1.54, 1.807) is 13.2 Å². The summed E-state index contributed by atoms with van der Waals surface area (Å²) >= 11 is 3.00. The highest BCUT2D eigenvalue weighted by atomic mass is 32.2. The smallest absolute Gasteiger partial charge is 0.285 e. The van der Waals surface area contributed by atoms with Crippen molar-refractivity contribution in [1.82, 2.24) is 10.2 Å². The second-order valence-electron chi connectivity index (χ2n) is 6.61. The number of fused-ring (bicyclic) bond motifs is 3. The van der Waals surface area contributed by atoms with Crippen LogP contribution in [0.2, 0.25) is 0 Å². The molecule has 0 radical (unpaired) electrons. The molecule has 3 fully saturated rings. The SMILES string of the molecule is COc1ccc(Sc2ccc(C(=O)NC3C4CCN(CC4)C3C)s2)o1. The van der Waals surface area contributed by atoms with E-state index in [0.29, 0.717) is 17.9 Å². The van der Waals surface area contributed by atoms with Crippen LogP contribution in [0, 0.1) is 5.92 Å². The maximum atomic E-state index is 12.7. The van der Waals surface area contributed by atoms with Crippen LogP contribution < -0.4 is 10.1 Å². The first kappa shape index (κ1) is 17.0. The first-order valence-electron chi connectivity index (χ1n) is 8.60. The lowest BCUT2D eigenvalue weighted by molar-refractivity contribution is 0.0218. The summed E-state index contributed by atoms with van der Waals surface area (Å²) in [6.07, 6.45) is 2.39. The summed E-state index contributed by atoms with van der Waals surface area (Å²) in [4.78, 5) is 15.9. The Labute approximate surface area is 155 Å². The number of ether oxygens (including phenoxy) is 1. The molecule has 2 aromatic rings. The van der Waals surface area contributed by atoms with E-state index in [9.17, 15) is 4.79 Å². The monoisotopic (exact) mass is 378 g/mol. The van der Waals surface area contributed by atoms with Crippen molar-refractivity contribution < 1.29 is 13.9 Å². The molecule has 0 saturated carbocycles. The summed E-state index contributed by atoms with van der Waals surface area (Å²) in [5, 5.41) is 4.04. The number of hydrogen-bond acceptors (Lipinski definition) is 6. The fraction of sp³-hybridized carbons (Fsp3) is 0.500. The van der Waals surface area contributed by atoms with Crippen LogP contribution >= 0.6 is 23.1 Å². The molecule has 25 heavy (non-hydrogen) atoms. The summed E-state index contributed by atoms with van der Waals surface area (Å²) in [5.74, 6) is 1.15. The van der Waals surface area contributed by atoms with Gasteiger partial charge in [0.15, 0.2) is 5.09 Å². The van der Waals surface area contributed by atoms with Crippen molar-refractivity contribution in [1.29, 1.82) is 0 Å². The molecule has 3 aliphatic rings. The Morgan fingerprint density at radius 1 is 1.32 bits per heavy atom. The molecule has 7 heteroatoms. The molecule has 5 rings (SSSR count). The first-order chi connectivity index (χ1) is 12.1. The van der Waals surface area contributed by atoms with Crippen molar-refractivity contribution in [2.24, 2.45) is 5.92 Å². The predicted octanol–water partition coefficient (Wildman–Crippen LogP) is 3.71. The van der Waals surface area contributed by atoms with Crippen molar-refractivity contribution >= 4 is 29.0 Å². The predicted molar refractivity (Wildman–Crippen MR) is 98.7 cm³/mol. The fourth-order valence-electron chi connectivity index (χ4n) is 3.83. The molecule has 0 spiro atoms. The topological polar surface area (TPSA) is 54.7 Å². The average Bonchev–Trinajstić information content (AvgIpc) is 3.28. The molecule has 2 bridgehead atoms. The quantitative estimate of drug-likeness (QED) is 0.859. The molecule has 134 valence electrons. The lowest BCUT2D eigenvalue weighted by Gasteiger charge is -2.49. The van der Waals surface area contributed by atoms with Crippen LogP contribution in [0.3, 0.4) is 0 Å². The van der Waals surface area contributed by atoms with E-state index >= 15 is 0 Å². The molecule has 1 N–H and O–H groups in total. The van der Waals surface area contributed by atoms with Gasteiger partial charge in [0.05, 0.1) is 16.2 Å². The zero-order chi connectivity index (χ0) is 17.4. The number of nitrogens with one attached hydrogen (secondary N) is 1. The van der Waals surface area contributed by atoms with E-state index in [1.165, 1.54) is 49.0 Å². The third-order valence-electron chi connectivity index (χ3n) is 5.24.